The molecule has 0 fully saturated rings. The van der Waals surface area contributed by atoms with Crippen molar-refractivity contribution in [3.63, 3.8) is 0 Å². The van der Waals surface area contributed by atoms with Gasteiger partial charge in [-0.1, -0.05) is 28.3 Å². The van der Waals surface area contributed by atoms with Crippen molar-refractivity contribution in [1.82, 2.24) is 9.97 Å². The van der Waals surface area contributed by atoms with Crippen molar-refractivity contribution in [3.8, 4) is 17.7 Å². The summed E-state index contributed by atoms with van der Waals surface area (Å²) in [6.45, 7) is 0.308. The third-order valence-electron chi connectivity index (χ3n) is 4.03. The van der Waals surface area contributed by atoms with Gasteiger partial charge < -0.3 is 10.1 Å². The second-order valence-electron chi connectivity index (χ2n) is 5.99. The van der Waals surface area contributed by atoms with Crippen LogP contribution in [0, 0.1) is 17.1 Å². The summed E-state index contributed by atoms with van der Waals surface area (Å²) in [5.41, 5.74) is 3.61. The minimum Gasteiger partial charge on any atom is -0.436 e. The molecule has 144 valence electrons. The predicted molar refractivity (Wildman–Crippen MR) is 106 cm³/mol. The molecule has 0 saturated carbocycles. The molecule has 0 bridgehead atoms. The van der Waals surface area contributed by atoms with E-state index in [0.29, 0.717) is 6.54 Å². The first-order valence-electron chi connectivity index (χ1n) is 8.37. The molecule has 0 atom stereocenters. The summed E-state index contributed by atoms with van der Waals surface area (Å²) in [5.74, 6) is 0.139. The number of fused-ring (bicyclic) bond motifs is 1. The molecule has 1 aromatic carbocycles. The highest BCUT2D eigenvalue weighted by atomic mass is 35.5. The molecule has 0 aliphatic carbocycles. The van der Waals surface area contributed by atoms with Crippen LogP contribution in [0.3, 0.4) is 0 Å². The van der Waals surface area contributed by atoms with Gasteiger partial charge in [0, 0.05) is 17.3 Å². The molecule has 1 aliphatic rings. The molecule has 3 aromatic rings. The first-order chi connectivity index (χ1) is 14.0. The zero-order valence-corrected chi connectivity index (χ0v) is 16.2. The Balaban J connectivity index is 1.55. The molecule has 0 saturated heterocycles. The van der Waals surface area contributed by atoms with Crippen LogP contribution in [-0.4, -0.2) is 22.2 Å². The molecule has 10 heteroatoms. The topological polar surface area (TPSA) is 99.8 Å². The first kappa shape index (κ1) is 19.1. The van der Waals surface area contributed by atoms with Crippen LogP contribution in [0.4, 0.5) is 16.0 Å². The average molecular weight is 430 g/mol. The summed E-state index contributed by atoms with van der Waals surface area (Å²) >= 11 is 12.1. The van der Waals surface area contributed by atoms with Gasteiger partial charge in [0.15, 0.2) is 5.82 Å². The molecule has 3 N–H and O–H groups in total. The second-order valence-corrected chi connectivity index (χ2v) is 6.83. The second kappa shape index (κ2) is 8.01. The Morgan fingerprint density at radius 3 is 2.93 bits per heavy atom. The molecule has 4 rings (SSSR count). The van der Waals surface area contributed by atoms with Crippen LogP contribution in [-0.2, 0) is 0 Å². The Bertz CT molecular complexity index is 1180. The third-order valence-corrected chi connectivity index (χ3v) is 4.53. The number of quaternary nitrogens is 1. The lowest BCUT2D eigenvalue weighted by molar-refractivity contribution is -0.577. The van der Waals surface area contributed by atoms with Crippen LogP contribution in [0.5, 0.6) is 11.6 Å². The van der Waals surface area contributed by atoms with Gasteiger partial charge in [-0.05, 0) is 30.3 Å². The minimum absolute atomic E-state index is 0.0904. The normalized spacial score (nSPS) is 12.1. The van der Waals surface area contributed by atoms with E-state index in [-0.39, 0.29) is 33.1 Å². The van der Waals surface area contributed by atoms with Gasteiger partial charge in [0.05, 0.1) is 28.8 Å². The number of hydrogen-bond donors (Lipinski definition) is 2. The van der Waals surface area contributed by atoms with Gasteiger partial charge in [-0.3, -0.25) is 0 Å². The largest absolute Gasteiger partial charge is 0.436 e. The molecule has 0 unspecified atom stereocenters. The predicted octanol–water partition coefficient (Wildman–Crippen LogP) is 3.61. The van der Waals surface area contributed by atoms with Crippen LogP contribution >= 0.6 is 23.2 Å². The SMILES string of the molecule is N#Cc1cc(Cl)cc(Oc2nc(NCC3=N[NH2+]c4ncccc43)c(Cl)cc2F)c1. The molecule has 0 radical (unpaired) electrons. The van der Waals surface area contributed by atoms with Crippen LogP contribution in [0.25, 0.3) is 0 Å². The van der Waals surface area contributed by atoms with Crippen LogP contribution in [0.2, 0.25) is 10.0 Å². The monoisotopic (exact) mass is 429 g/mol. The molecule has 7 nitrogen and oxygen atoms in total. The number of rotatable bonds is 5. The van der Waals surface area contributed by atoms with Gasteiger partial charge in [-0.25, -0.2) is 9.37 Å². The molecule has 0 spiro atoms. The van der Waals surface area contributed by atoms with Crippen molar-refractivity contribution < 1.29 is 14.6 Å². The van der Waals surface area contributed by atoms with E-state index < -0.39 is 5.82 Å². The van der Waals surface area contributed by atoms with Crippen molar-refractivity contribution in [3.05, 3.63) is 69.6 Å². The average Bonchev–Trinajstić information content (AvgIpc) is 3.12. The molecular formula is C19H12Cl2FN6O+. The number of nitrogens with two attached hydrogens (primary N) is 1. The van der Waals surface area contributed by atoms with E-state index in [1.54, 1.807) is 11.6 Å². The van der Waals surface area contributed by atoms with Crippen molar-refractivity contribution in [2.24, 2.45) is 5.10 Å². The van der Waals surface area contributed by atoms with Crippen molar-refractivity contribution in [2.45, 2.75) is 0 Å². The molecule has 1 aliphatic heterocycles. The highest BCUT2D eigenvalue weighted by Crippen LogP contribution is 2.31. The number of ether oxygens (including phenoxy) is 1. The van der Waals surface area contributed by atoms with Gasteiger partial charge in [0.2, 0.25) is 0 Å². The van der Waals surface area contributed by atoms with E-state index in [0.717, 1.165) is 23.2 Å². The van der Waals surface area contributed by atoms with Crippen molar-refractivity contribution >= 4 is 40.5 Å². The van der Waals surface area contributed by atoms with Gasteiger partial charge in [-0.2, -0.15) is 15.7 Å². The summed E-state index contributed by atoms with van der Waals surface area (Å²) < 4.78 is 19.8. The van der Waals surface area contributed by atoms with Gasteiger partial charge >= 0.3 is 0 Å². The van der Waals surface area contributed by atoms with Gasteiger partial charge in [0.25, 0.3) is 11.7 Å². The lowest BCUT2D eigenvalue weighted by atomic mass is 10.1. The highest BCUT2D eigenvalue weighted by molar-refractivity contribution is 6.33. The van der Waals surface area contributed by atoms with E-state index in [1.807, 2.05) is 18.2 Å². The van der Waals surface area contributed by atoms with Gasteiger partial charge in [-0.15, -0.1) is 0 Å². The van der Waals surface area contributed by atoms with E-state index in [1.165, 1.54) is 18.2 Å². The maximum Gasteiger partial charge on any atom is 0.260 e. The zero-order chi connectivity index (χ0) is 20.4. The first-order valence-corrected chi connectivity index (χ1v) is 9.13. The lowest BCUT2D eigenvalue weighted by Crippen LogP contribution is -2.70. The zero-order valence-electron chi connectivity index (χ0n) is 14.7. The smallest absolute Gasteiger partial charge is 0.260 e. The molecular weight excluding hydrogens is 418 g/mol. The Labute approximate surface area is 174 Å². The minimum atomic E-state index is -0.750. The Hall–Kier alpha value is -3.25. The maximum atomic E-state index is 14.3. The number of halogens is 3. The van der Waals surface area contributed by atoms with Crippen molar-refractivity contribution in [2.75, 3.05) is 11.9 Å². The third kappa shape index (κ3) is 4.12. The number of hydrogen-bond acceptors (Lipinski definition) is 6. The molecule has 0 amide bonds. The number of aromatic nitrogens is 2. The summed E-state index contributed by atoms with van der Waals surface area (Å²) in [7, 11) is 0. The summed E-state index contributed by atoms with van der Waals surface area (Å²) in [6, 6.07) is 11.1. The fourth-order valence-corrected chi connectivity index (χ4v) is 3.15. The lowest BCUT2D eigenvalue weighted by Gasteiger charge is -2.11. The Morgan fingerprint density at radius 2 is 2.10 bits per heavy atom. The number of benzene rings is 1. The van der Waals surface area contributed by atoms with E-state index >= 15 is 0 Å². The number of anilines is 1. The van der Waals surface area contributed by atoms with Crippen LogP contribution in [0.15, 0.2) is 47.7 Å². The Morgan fingerprint density at radius 1 is 1.24 bits per heavy atom. The maximum absolute atomic E-state index is 14.3. The fraction of sp³-hybridized carbons (Fsp3) is 0.0526. The Kier molecular flexibility index (Phi) is 5.27. The summed E-state index contributed by atoms with van der Waals surface area (Å²) in [6.07, 6.45) is 1.69. The number of nitrogens with zero attached hydrogens (tertiary/aromatic N) is 4. The molecule has 3 heterocycles. The summed E-state index contributed by atoms with van der Waals surface area (Å²) in [5, 5.41) is 16.8. The van der Waals surface area contributed by atoms with E-state index in [4.69, 9.17) is 33.2 Å². The number of pyridine rings is 2. The van der Waals surface area contributed by atoms with Gasteiger partial charge in [0.1, 0.15) is 17.3 Å². The van der Waals surface area contributed by atoms with E-state index in [2.05, 4.69) is 20.4 Å². The molecule has 29 heavy (non-hydrogen) atoms. The van der Waals surface area contributed by atoms with Crippen molar-refractivity contribution in [1.29, 1.82) is 5.26 Å². The number of nitrogens with one attached hydrogen (secondary N) is 1. The quantitative estimate of drug-likeness (QED) is 0.603. The number of nitriles is 1. The standard InChI is InChI=1S/C19H11Cl2FN6O/c20-11-4-10(8-23)5-12(6-11)29-19-15(22)7-14(21)18(26-19)25-9-16-13-2-1-3-24-17(13)28-27-16/h1-7H,9H2,(H,25,26)(H,24,27,28)/p+1. The fourth-order valence-electron chi connectivity index (χ4n) is 2.72. The van der Waals surface area contributed by atoms with E-state index in [9.17, 15) is 4.39 Å². The highest BCUT2D eigenvalue weighted by Gasteiger charge is 2.22. The van der Waals surface area contributed by atoms with Crippen LogP contribution in [0.1, 0.15) is 11.1 Å². The van der Waals surface area contributed by atoms with Crippen LogP contribution < -0.4 is 15.5 Å². The molecule has 2 aromatic heterocycles. The summed E-state index contributed by atoms with van der Waals surface area (Å²) in [4.78, 5) is 8.36.